The Morgan fingerprint density at radius 2 is 1.90 bits per heavy atom. The third-order valence-electron chi connectivity index (χ3n) is 2.75. The van der Waals surface area contributed by atoms with Crippen molar-refractivity contribution < 1.29 is 4.79 Å². The fourth-order valence-electron chi connectivity index (χ4n) is 1.84. The summed E-state index contributed by atoms with van der Waals surface area (Å²) >= 11 is 12.6. The molecule has 0 heterocycles. The van der Waals surface area contributed by atoms with Crippen LogP contribution in [0.15, 0.2) is 51.4 Å². The van der Waals surface area contributed by atoms with Gasteiger partial charge in [-0.3, -0.25) is 4.79 Å². The van der Waals surface area contributed by atoms with E-state index in [0.29, 0.717) is 20.6 Å². The second-order valence-corrected chi connectivity index (χ2v) is 6.31. The molecule has 0 saturated carbocycles. The summed E-state index contributed by atoms with van der Waals surface area (Å²) in [6.45, 7) is 0. The summed E-state index contributed by atoms with van der Waals surface area (Å²) in [5.74, 6) is -1.14. The van der Waals surface area contributed by atoms with Gasteiger partial charge in [0.1, 0.15) is 5.92 Å². The first-order chi connectivity index (χ1) is 9.52. The van der Waals surface area contributed by atoms with Crippen molar-refractivity contribution in [3.05, 3.63) is 67.6 Å². The van der Waals surface area contributed by atoms with Gasteiger partial charge in [0.2, 0.25) is 0 Å². The van der Waals surface area contributed by atoms with Crippen LogP contribution in [0.25, 0.3) is 0 Å². The van der Waals surface area contributed by atoms with Crippen LogP contribution >= 0.6 is 43.5 Å². The van der Waals surface area contributed by atoms with E-state index >= 15 is 0 Å². The summed E-state index contributed by atoms with van der Waals surface area (Å²) < 4.78 is 1.44. The van der Waals surface area contributed by atoms with Crippen LogP contribution in [0.4, 0.5) is 0 Å². The molecule has 100 valence electrons. The molecule has 0 radical (unpaired) electrons. The lowest BCUT2D eigenvalue weighted by Gasteiger charge is -2.11. The number of Topliss-reactive ketones (excluding diaryl/α,β-unsaturated/α-hetero) is 1. The molecular formula is C15H8Br2ClNO. The number of nitriles is 1. The fourth-order valence-corrected chi connectivity index (χ4v) is 3.22. The lowest BCUT2D eigenvalue weighted by Crippen LogP contribution is -2.12. The van der Waals surface area contributed by atoms with Gasteiger partial charge < -0.3 is 0 Å². The molecule has 2 aromatic carbocycles. The standard InChI is InChI=1S/C15H8Br2ClNO/c16-10-5-9(6-11(18)7-10)15(20)13(8-19)12-3-1-2-4-14(12)17/h1-7,13H. The highest BCUT2D eigenvalue weighted by atomic mass is 79.9. The number of nitrogens with zero attached hydrogens (tertiary/aromatic N) is 1. The number of hydrogen-bond donors (Lipinski definition) is 0. The Bertz CT molecular complexity index is 689. The van der Waals surface area contributed by atoms with E-state index in [1.807, 2.05) is 6.07 Å². The van der Waals surface area contributed by atoms with E-state index in [1.165, 1.54) is 0 Å². The van der Waals surface area contributed by atoms with Gasteiger partial charge in [0, 0.05) is 19.5 Å². The molecule has 20 heavy (non-hydrogen) atoms. The van der Waals surface area contributed by atoms with Gasteiger partial charge in [-0.2, -0.15) is 5.26 Å². The Morgan fingerprint density at radius 3 is 2.50 bits per heavy atom. The number of benzene rings is 2. The van der Waals surface area contributed by atoms with Crippen molar-refractivity contribution in [2.24, 2.45) is 0 Å². The fraction of sp³-hybridized carbons (Fsp3) is 0.0667. The number of ketones is 1. The Kier molecular flexibility index (Phi) is 4.98. The molecule has 0 aliphatic carbocycles. The van der Waals surface area contributed by atoms with Crippen LogP contribution in [0.5, 0.6) is 0 Å². The molecule has 0 aromatic heterocycles. The van der Waals surface area contributed by atoms with E-state index in [2.05, 4.69) is 37.9 Å². The summed E-state index contributed by atoms with van der Waals surface area (Å²) in [7, 11) is 0. The van der Waals surface area contributed by atoms with Gasteiger partial charge in [-0.25, -0.2) is 0 Å². The van der Waals surface area contributed by atoms with Crippen LogP contribution in [0, 0.1) is 11.3 Å². The Morgan fingerprint density at radius 1 is 1.20 bits per heavy atom. The average molecular weight is 413 g/mol. The van der Waals surface area contributed by atoms with Crippen LogP contribution in [-0.2, 0) is 0 Å². The maximum absolute atomic E-state index is 12.5. The van der Waals surface area contributed by atoms with E-state index in [1.54, 1.807) is 36.4 Å². The number of hydrogen-bond acceptors (Lipinski definition) is 2. The first kappa shape index (κ1) is 15.2. The predicted molar refractivity (Wildman–Crippen MR) is 86.0 cm³/mol. The minimum atomic E-state index is -0.865. The topological polar surface area (TPSA) is 40.9 Å². The van der Waals surface area contributed by atoms with Crippen molar-refractivity contribution in [2.75, 3.05) is 0 Å². The zero-order chi connectivity index (χ0) is 14.7. The minimum Gasteiger partial charge on any atom is -0.292 e. The molecule has 0 fully saturated rings. The van der Waals surface area contributed by atoms with Gasteiger partial charge in [-0.1, -0.05) is 61.7 Å². The van der Waals surface area contributed by atoms with E-state index in [-0.39, 0.29) is 5.78 Å². The molecule has 0 N–H and O–H groups in total. The molecule has 2 aromatic rings. The lowest BCUT2D eigenvalue weighted by atomic mass is 9.92. The summed E-state index contributed by atoms with van der Waals surface area (Å²) in [6, 6.07) is 14.2. The normalized spacial score (nSPS) is 11.7. The predicted octanol–water partition coefficient (Wildman–Crippen LogP) is 5.36. The van der Waals surface area contributed by atoms with Crippen LogP contribution in [0.1, 0.15) is 21.8 Å². The van der Waals surface area contributed by atoms with Crippen molar-refractivity contribution in [2.45, 2.75) is 5.92 Å². The van der Waals surface area contributed by atoms with E-state index in [0.717, 1.165) is 4.47 Å². The van der Waals surface area contributed by atoms with Crippen molar-refractivity contribution in [3.8, 4) is 6.07 Å². The van der Waals surface area contributed by atoms with E-state index in [9.17, 15) is 10.1 Å². The van der Waals surface area contributed by atoms with Gasteiger partial charge in [0.25, 0.3) is 0 Å². The number of carbonyl (C=O) groups is 1. The molecule has 1 unspecified atom stereocenters. The smallest absolute Gasteiger partial charge is 0.184 e. The maximum Gasteiger partial charge on any atom is 0.184 e. The van der Waals surface area contributed by atoms with Gasteiger partial charge in [-0.05, 0) is 29.8 Å². The zero-order valence-corrected chi connectivity index (χ0v) is 14.0. The summed E-state index contributed by atoms with van der Waals surface area (Å²) in [6.07, 6.45) is 0. The van der Waals surface area contributed by atoms with Crippen LogP contribution in [-0.4, -0.2) is 5.78 Å². The highest BCUT2D eigenvalue weighted by Gasteiger charge is 2.24. The summed E-state index contributed by atoms with van der Waals surface area (Å²) in [5, 5.41) is 9.79. The Balaban J connectivity index is 2.45. The number of rotatable bonds is 3. The van der Waals surface area contributed by atoms with E-state index in [4.69, 9.17) is 11.6 Å². The third-order valence-corrected chi connectivity index (χ3v) is 4.15. The molecule has 2 rings (SSSR count). The molecule has 0 aliphatic rings. The monoisotopic (exact) mass is 411 g/mol. The highest BCUT2D eigenvalue weighted by Crippen LogP contribution is 2.29. The highest BCUT2D eigenvalue weighted by molar-refractivity contribution is 9.10. The summed E-state index contributed by atoms with van der Waals surface area (Å²) in [5.41, 5.74) is 1.06. The van der Waals surface area contributed by atoms with Gasteiger partial charge >= 0.3 is 0 Å². The molecule has 2 nitrogen and oxygen atoms in total. The maximum atomic E-state index is 12.5. The number of carbonyl (C=O) groups excluding carboxylic acids is 1. The average Bonchev–Trinajstić information content (AvgIpc) is 2.40. The molecule has 0 bridgehead atoms. The molecule has 5 heteroatoms. The second kappa shape index (κ2) is 6.53. The molecule has 0 saturated heterocycles. The molecular weight excluding hydrogens is 405 g/mol. The molecule has 1 atom stereocenters. The first-order valence-corrected chi connectivity index (χ1v) is 7.63. The Labute approximate surface area is 138 Å². The van der Waals surface area contributed by atoms with E-state index < -0.39 is 5.92 Å². The molecule has 0 amide bonds. The second-order valence-electron chi connectivity index (χ2n) is 4.11. The molecule has 0 spiro atoms. The van der Waals surface area contributed by atoms with Crippen molar-refractivity contribution in [1.82, 2.24) is 0 Å². The van der Waals surface area contributed by atoms with Gasteiger partial charge in [0.15, 0.2) is 5.78 Å². The van der Waals surface area contributed by atoms with Crippen LogP contribution < -0.4 is 0 Å². The molecule has 0 aliphatic heterocycles. The minimum absolute atomic E-state index is 0.275. The van der Waals surface area contributed by atoms with Crippen LogP contribution in [0.3, 0.4) is 0 Å². The zero-order valence-electron chi connectivity index (χ0n) is 10.1. The largest absolute Gasteiger partial charge is 0.292 e. The van der Waals surface area contributed by atoms with Gasteiger partial charge in [-0.15, -0.1) is 0 Å². The first-order valence-electron chi connectivity index (χ1n) is 5.67. The number of halogens is 3. The van der Waals surface area contributed by atoms with Crippen molar-refractivity contribution >= 4 is 49.2 Å². The third kappa shape index (κ3) is 3.29. The van der Waals surface area contributed by atoms with Gasteiger partial charge in [0.05, 0.1) is 6.07 Å². The van der Waals surface area contributed by atoms with Crippen LogP contribution in [0.2, 0.25) is 5.02 Å². The summed E-state index contributed by atoms with van der Waals surface area (Å²) in [4.78, 5) is 12.5. The SMILES string of the molecule is N#CC(C(=O)c1cc(Cl)cc(Br)c1)c1ccccc1Br. The van der Waals surface area contributed by atoms with Crippen molar-refractivity contribution in [1.29, 1.82) is 5.26 Å². The quantitative estimate of drug-likeness (QED) is 0.636. The lowest BCUT2D eigenvalue weighted by molar-refractivity contribution is 0.0978. The Hall–Kier alpha value is -1.15. The van der Waals surface area contributed by atoms with Crippen molar-refractivity contribution in [3.63, 3.8) is 0 Å².